The van der Waals surface area contributed by atoms with E-state index in [0.717, 1.165) is 23.5 Å². The Morgan fingerprint density at radius 3 is 2.93 bits per heavy atom. The third-order valence-electron chi connectivity index (χ3n) is 2.20. The van der Waals surface area contributed by atoms with Gasteiger partial charge in [-0.1, -0.05) is 13.8 Å². The number of pyridine rings is 1. The minimum atomic E-state index is 0.298. The molecule has 80 valence electrons. The van der Waals surface area contributed by atoms with Gasteiger partial charge < -0.3 is 9.73 Å². The molecule has 4 nitrogen and oxygen atoms in total. The summed E-state index contributed by atoms with van der Waals surface area (Å²) in [5, 5.41) is 3.08. The first-order valence-electron chi connectivity index (χ1n) is 5.10. The molecule has 2 aromatic heterocycles. The van der Waals surface area contributed by atoms with E-state index < -0.39 is 0 Å². The van der Waals surface area contributed by atoms with Crippen LogP contribution in [0, 0.1) is 0 Å². The average molecular weight is 205 g/mol. The smallest absolute Gasteiger partial charge is 0.246 e. The molecular formula is C11H15N3O. The molecule has 4 heteroatoms. The van der Waals surface area contributed by atoms with Gasteiger partial charge in [0.15, 0.2) is 5.89 Å². The van der Waals surface area contributed by atoms with Crippen molar-refractivity contribution in [3.63, 3.8) is 0 Å². The fourth-order valence-electron chi connectivity index (χ4n) is 1.43. The van der Waals surface area contributed by atoms with Gasteiger partial charge in [0.25, 0.3) is 0 Å². The van der Waals surface area contributed by atoms with E-state index in [0.29, 0.717) is 11.6 Å². The first kappa shape index (κ1) is 10.1. The minimum Gasteiger partial charge on any atom is -0.422 e. The third-order valence-corrected chi connectivity index (χ3v) is 2.20. The fourth-order valence-corrected chi connectivity index (χ4v) is 1.43. The van der Waals surface area contributed by atoms with Crippen LogP contribution in [0.2, 0.25) is 0 Å². The monoisotopic (exact) mass is 205 g/mol. The largest absolute Gasteiger partial charge is 0.422 e. The predicted octanol–water partition coefficient (Wildman–Crippen LogP) is 2.07. The second kappa shape index (κ2) is 3.98. The minimum absolute atomic E-state index is 0.298. The number of oxazole rings is 1. The number of fused-ring (bicyclic) bond motifs is 1. The molecule has 2 heterocycles. The maximum atomic E-state index is 5.52. The number of hydrogen-bond donors (Lipinski definition) is 1. The highest BCUT2D eigenvalue weighted by molar-refractivity contribution is 5.68. The molecule has 0 saturated carbocycles. The summed E-state index contributed by atoms with van der Waals surface area (Å²) in [6.45, 7) is 4.91. The molecule has 0 bridgehead atoms. The molecule has 0 radical (unpaired) electrons. The summed E-state index contributed by atoms with van der Waals surface area (Å²) in [4.78, 5) is 8.63. The van der Waals surface area contributed by atoms with Gasteiger partial charge in [0, 0.05) is 18.7 Å². The molecule has 0 spiro atoms. The lowest BCUT2D eigenvalue weighted by molar-refractivity contribution is 0.494. The van der Waals surface area contributed by atoms with Crippen LogP contribution in [0.15, 0.2) is 16.7 Å². The number of nitrogens with zero attached hydrogens (tertiary/aromatic N) is 2. The van der Waals surface area contributed by atoms with Gasteiger partial charge in [0.05, 0.1) is 0 Å². The normalized spacial score (nSPS) is 11.5. The number of hydrogen-bond acceptors (Lipinski definition) is 4. The molecule has 0 aliphatic carbocycles. The lowest BCUT2D eigenvalue weighted by atomic mass is 10.2. The van der Waals surface area contributed by atoms with Gasteiger partial charge in [-0.15, -0.1) is 0 Å². The van der Waals surface area contributed by atoms with E-state index in [4.69, 9.17) is 4.42 Å². The van der Waals surface area contributed by atoms with Crippen molar-refractivity contribution in [3.05, 3.63) is 23.7 Å². The van der Waals surface area contributed by atoms with Gasteiger partial charge >= 0.3 is 0 Å². The first-order valence-corrected chi connectivity index (χ1v) is 5.10. The average Bonchev–Trinajstić information content (AvgIpc) is 2.61. The molecule has 0 saturated heterocycles. The van der Waals surface area contributed by atoms with E-state index in [2.05, 4.69) is 29.1 Å². The van der Waals surface area contributed by atoms with Crippen LogP contribution in [0.1, 0.15) is 31.2 Å². The summed E-state index contributed by atoms with van der Waals surface area (Å²) < 4.78 is 5.52. The van der Waals surface area contributed by atoms with Crippen molar-refractivity contribution in [1.82, 2.24) is 15.3 Å². The Kier molecular flexibility index (Phi) is 2.68. The molecule has 15 heavy (non-hydrogen) atoms. The Balaban J connectivity index is 2.43. The van der Waals surface area contributed by atoms with Crippen molar-refractivity contribution < 1.29 is 4.42 Å². The molecule has 2 rings (SSSR count). The second-order valence-corrected chi connectivity index (χ2v) is 3.90. The fraction of sp³-hybridized carbons (Fsp3) is 0.455. The summed E-state index contributed by atoms with van der Waals surface area (Å²) in [5.41, 5.74) is 2.58. The van der Waals surface area contributed by atoms with E-state index in [1.165, 1.54) is 0 Å². The van der Waals surface area contributed by atoms with Gasteiger partial charge in [0.1, 0.15) is 5.52 Å². The van der Waals surface area contributed by atoms with Crippen molar-refractivity contribution in [3.8, 4) is 0 Å². The first-order chi connectivity index (χ1) is 7.20. The SMILES string of the molecule is CNCc1cnc2oc(C(C)C)nc2c1. The van der Waals surface area contributed by atoms with Crippen LogP contribution in [-0.4, -0.2) is 17.0 Å². The summed E-state index contributed by atoms with van der Waals surface area (Å²) >= 11 is 0. The standard InChI is InChI=1S/C11H15N3O/c1-7(2)10-14-9-4-8(5-12-3)6-13-11(9)15-10/h4,6-7,12H,5H2,1-3H3. The van der Waals surface area contributed by atoms with E-state index >= 15 is 0 Å². The summed E-state index contributed by atoms with van der Waals surface area (Å²) in [6, 6.07) is 2.01. The predicted molar refractivity (Wildman–Crippen MR) is 58.7 cm³/mol. The quantitative estimate of drug-likeness (QED) is 0.833. The van der Waals surface area contributed by atoms with E-state index in [1.807, 2.05) is 19.3 Å². The van der Waals surface area contributed by atoms with Crippen LogP contribution < -0.4 is 5.32 Å². The van der Waals surface area contributed by atoms with Crippen LogP contribution in [0.25, 0.3) is 11.2 Å². The van der Waals surface area contributed by atoms with E-state index in [1.54, 1.807) is 0 Å². The number of aromatic nitrogens is 2. The molecule has 0 aromatic carbocycles. The Morgan fingerprint density at radius 2 is 2.27 bits per heavy atom. The zero-order valence-electron chi connectivity index (χ0n) is 9.24. The highest BCUT2D eigenvalue weighted by Gasteiger charge is 2.10. The molecule has 2 aromatic rings. The van der Waals surface area contributed by atoms with Crippen molar-refractivity contribution >= 4 is 11.2 Å². The molecule has 0 fully saturated rings. The topological polar surface area (TPSA) is 51.0 Å². The van der Waals surface area contributed by atoms with Gasteiger partial charge in [0.2, 0.25) is 5.71 Å². The number of nitrogens with one attached hydrogen (secondary N) is 1. The lowest BCUT2D eigenvalue weighted by Gasteiger charge is -1.96. The summed E-state index contributed by atoms with van der Waals surface area (Å²) in [7, 11) is 1.91. The van der Waals surface area contributed by atoms with E-state index in [-0.39, 0.29) is 0 Å². The van der Waals surface area contributed by atoms with Crippen molar-refractivity contribution in [2.24, 2.45) is 0 Å². The van der Waals surface area contributed by atoms with Crippen molar-refractivity contribution in [1.29, 1.82) is 0 Å². The van der Waals surface area contributed by atoms with Crippen molar-refractivity contribution in [2.75, 3.05) is 7.05 Å². The third kappa shape index (κ3) is 1.99. The van der Waals surface area contributed by atoms with Crippen LogP contribution in [-0.2, 0) is 6.54 Å². The molecule has 0 unspecified atom stereocenters. The van der Waals surface area contributed by atoms with Gasteiger partial charge in [-0.05, 0) is 18.7 Å². The van der Waals surface area contributed by atoms with Crippen molar-refractivity contribution in [2.45, 2.75) is 26.3 Å². The van der Waals surface area contributed by atoms with Crippen LogP contribution in [0.5, 0.6) is 0 Å². The Morgan fingerprint density at radius 1 is 1.47 bits per heavy atom. The summed E-state index contributed by atoms with van der Waals surface area (Å²) in [6.07, 6.45) is 1.81. The van der Waals surface area contributed by atoms with E-state index in [9.17, 15) is 0 Å². The molecule has 0 aliphatic rings. The maximum absolute atomic E-state index is 5.52. The molecule has 0 aliphatic heterocycles. The highest BCUT2D eigenvalue weighted by Crippen LogP contribution is 2.19. The van der Waals surface area contributed by atoms with Crippen LogP contribution in [0.4, 0.5) is 0 Å². The second-order valence-electron chi connectivity index (χ2n) is 3.90. The molecule has 0 amide bonds. The summed E-state index contributed by atoms with van der Waals surface area (Å²) in [5.74, 6) is 1.05. The molecular weight excluding hydrogens is 190 g/mol. The lowest BCUT2D eigenvalue weighted by Crippen LogP contribution is -2.04. The van der Waals surface area contributed by atoms with Crippen LogP contribution >= 0.6 is 0 Å². The van der Waals surface area contributed by atoms with Crippen LogP contribution in [0.3, 0.4) is 0 Å². The maximum Gasteiger partial charge on any atom is 0.246 e. The highest BCUT2D eigenvalue weighted by atomic mass is 16.4. The Hall–Kier alpha value is -1.42. The Bertz CT molecular complexity index is 462. The zero-order valence-corrected chi connectivity index (χ0v) is 9.24. The molecule has 0 atom stereocenters. The molecule has 1 N–H and O–H groups in total. The van der Waals surface area contributed by atoms with Gasteiger partial charge in [-0.3, -0.25) is 0 Å². The number of rotatable bonds is 3. The van der Waals surface area contributed by atoms with Gasteiger partial charge in [-0.2, -0.15) is 0 Å². The van der Waals surface area contributed by atoms with Gasteiger partial charge in [-0.25, -0.2) is 9.97 Å². The Labute approximate surface area is 88.7 Å². The zero-order chi connectivity index (χ0) is 10.8.